The molecule has 1 heterocycles. The maximum Gasteiger partial charge on any atom is 0.0579 e. The number of hydrogen-bond donors (Lipinski definition) is 1. The molecule has 3 rings (SSSR count). The van der Waals surface area contributed by atoms with Crippen LogP contribution >= 0.6 is 0 Å². The Bertz CT molecular complexity index is 531. The second kappa shape index (κ2) is 4.95. The molecule has 0 fully saturated rings. The van der Waals surface area contributed by atoms with Crippen molar-refractivity contribution in [1.82, 2.24) is 5.32 Å². The van der Waals surface area contributed by atoms with E-state index in [2.05, 4.69) is 60.8 Å². The van der Waals surface area contributed by atoms with Crippen LogP contribution in [0.15, 0.2) is 48.5 Å². The SMILES string of the molecule is CCc1ccc2c(c1)C(c1ccccc1)NCC2. The molecule has 2 aromatic carbocycles. The lowest BCUT2D eigenvalue weighted by Crippen LogP contribution is -2.30. The van der Waals surface area contributed by atoms with E-state index in [4.69, 9.17) is 0 Å². The second-order valence-corrected chi connectivity index (χ2v) is 4.93. The largest absolute Gasteiger partial charge is 0.306 e. The van der Waals surface area contributed by atoms with Gasteiger partial charge in [-0.25, -0.2) is 0 Å². The van der Waals surface area contributed by atoms with Crippen molar-refractivity contribution in [1.29, 1.82) is 0 Å². The van der Waals surface area contributed by atoms with Gasteiger partial charge in [0.05, 0.1) is 6.04 Å². The summed E-state index contributed by atoms with van der Waals surface area (Å²) in [6.45, 7) is 3.29. The Morgan fingerprint density at radius 1 is 1.11 bits per heavy atom. The van der Waals surface area contributed by atoms with Gasteiger partial charge >= 0.3 is 0 Å². The van der Waals surface area contributed by atoms with Crippen LogP contribution in [0.4, 0.5) is 0 Å². The number of benzene rings is 2. The van der Waals surface area contributed by atoms with Crippen molar-refractivity contribution < 1.29 is 0 Å². The summed E-state index contributed by atoms with van der Waals surface area (Å²) in [5, 5.41) is 3.64. The second-order valence-electron chi connectivity index (χ2n) is 4.93. The van der Waals surface area contributed by atoms with Crippen LogP contribution in [0.25, 0.3) is 0 Å². The highest BCUT2D eigenvalue weighted by Gasteiger charge is 2.20. The highest BCUT2D eigenvalue weighted by atomic mass is 14.9. The molecule has 1 nitrogen and oxygen atoms in total. The number of fused-ring (bicyclic) bond motifs is 1. The average Bonchev–Trinajstić information content (AvgIpc) is 2.47. The molecule has 0 saturated heterocycles. The van der Waals surface area contributed by atoms with E-state index in [-0.39, 0.29) is 0 Å². The lowest BCUT2D eigenvalue weighted by atomic mass is 9.88. The van der Waals surface area contributed by atoms with Gasteiger partial charge in [0.25, 0.3) is 0 Å². The van der Waals surface area contributed by atoms with Gasteiger partial charge in [-0.05, 0) is 35.1 Å². The zero-order valence-corrected chi connectivity index (χ0v) is 10.8. The standard InChI is InChI=1S/C17H19N/c1-2-13-8-9-14-10-11-18-17(16(14)12-13)15-6-4-3-5-7-15/h3-9,12,17-18H,2,10-11H2,1H3. The van der Waals surface area contributed by atoms with E-state index < -0.39 is 0 Å². The average molecular weight is 237 g/mol. The smallest absolute Gasteiger partial charge is 0.0579 e. The monoisotopic (exact) mass is 237 g/mol. The van der Waals surface area contributed by atoms with E-state index in [1.807, 2.05) is 0 Å². The maximum absolute atomic E-state index is 3.64. The van der Waals surface area contributed by atoms with Gasteiger partial charge in [-0.1, -0.05) is 55.5 Å². The van der Waals surface area contributed by atoms with E-state index in [1.165, 1.54) is 22.3 Å². The molecule has 0 saturated carbocycles. The molecule has 0 bridgehead atoms. The number of rotatable bonds is 2. The van der Waals surface area contributed by atoms with Crippen molar-refractivity contribution in [2.75, 3.05) is 6.54 Å². The summed E-state index contributed by atoms with van der Waals surface area (Å²) in [6, 6.07) is 18.1. The molecule has 1 aliphatic heterocycles. The first-order chi connectivity index (χ1) is 8.88. The molecule has 1 heteroatoms. The maximum atomic E-state index is 3.64. The van der Waals surface area contributed by atoms with Gasteiger partial charge < -0.3 is 5.32 Å². The summed E-state index contributed by atoms with van der Waals surface area (Å²) < 4.78 is 0. The summed E-state index contributed by atoms with van der Waals surface area (Å²) in [4.78, 5) is 0. The van der Waals surface area contributed by atoms with Crippen LogP contribution < -0.4 is 5.32 Å². The van der Waals surface area contributed by atoms with Crippen molar-refractivity contribution in [2.24, 2.45) is 0 Å². The molecule has 1 unspecified atom stereocenters. The third-order valence-corrected chi connectivity index (χ3v) is 3.81. The van der Waals surface area contributed by atoms with Crippen molar-refractivity contribution in [2.45, 2.75) is 25.8 Å². The van der Waals surface area contributed by atoms with Gasteiger partial charge in [-0.2, -0.15) is 0 Å². The number of hydrogen-bond acceptors (Lipinski definition) is 1. The summed E-state index contributed by atoms with van der Waals surface area (Å²) >= 11 is 0. The fourth-order valence-corrected chi connectivity index (χ4v) is 2.76. The summed E-state index contributed by atoms with van der Waals surface area (Å²) in [6.07, 6.45) is 2.25. The number of nitrogens with one attached hydrogen (secondary N) is 1. The van der Waals surface area contributed by atoms with Crippen molar-refractivity contribution in [3.05, 3.63) is 70.8 Å². The van der Waals surface area contributed by atoms with E-state index >= 15 is 0 Å². The highest BCUT2D eigenvalue weighted by Crippen LogP contribution is 2.29. The summed E-state index contributed by atoms with van der Waals surface area (Å²) in [7, 11) is 0. The third-order valence-electron chi connectivity index (χ3n) is 3.81. The van der Waals surface area contributed by atoms with Crippen molar-refractivity contribution in [3.8, 4) is 0 Å². The minimum absolute atomic E-state index is 0.362. The minimum Gasteiger partial charge on any atom is -0.306 e. The predicted octanol–water partition coefficient (Wildman–Crippen LogP) is 3.48. The van der Waals surface area contributed by atoms with E-state index in [9.17, 15) is 0 Å². The lowest BCUT2D eigenvalue weighted by molar-refractivity contribution is 0.567. The molecule has 1 aliphatic rings. The molecule has 0 spiro atoms. The molecular weight excluding hydrogens is 218 g/mol. The fourth-order valence-electron chi connectivity index (χ4n) is 2.76. The fraction of sp³-hybridized carbons (Fsp3) is 0.294. The predicted molar refractivity (Wildman–Crippen MR) is 75.8 cm³/mol. The Hall–Kier alpha value is -1.60. The van der Waals surface area contributed by atoms with E-state index in [1.54, 1.807) is 0 Å². The minimum atomic E-state index is 0.362. The molecule has 0 amide bonds. The van der Waals surface area contributed by atoms with Crippen LogP contribution in [0, 0.1) is 0 Å². The number of aryl methyl sites for hydroxylation is 1. The molecule has 1 N–H and O–H groups in total. The van der Waals surface area contributed by atoms with E-state index in [0.29, 0.717) is 6.04 Å². The lowest BCUT2D eigenvalue weighted by Gasteiger charge is -2.28. The first-order valence-corrected chi connectivity index (χ1v) is 6.78. The van der Waals surface area contributed by atoms with Crippen LogP contribution in [0.2, 0.25) is 0 Å². The Morgan fingerprint density at radius 3 is 2.72 bits per heavy atom. The molecule has 0 radical (unpaired) electrons. The molecule has 0 aliphatic carbocycles. The Balaban J connectivity index is 2.05. The summed E-state index contributed by atoms with van der Waals surface area (Å²) in [5.41, 5.74) is 5.76. The van der Waals surface area contributed by atoms with Crippen LogP contribution in [0.3, 0.4) is 0 Å². The van der Waals surface area contributed by atoms with Gasteiger partial charge in [-0.3, -0.25) is 0 Å². The zero-order valence-electron chi connectivity index (χ0n) is 10.8. The van der Waals surface area contributed by atoms with Crippen LogP contribution in [-0.4, -0.2) is 6.54 Å². The van der Waals surface area contributed by atoms with Crippen molar-refractivity contribution >= 4 is 0 Å². The first-order valence-electron chi connectivity index (χ1n) is 6.78. The molecule has 18 heavy (non-hydrogen) atoms. The Kier molecular flexibility index (Phi) is 3.16. The summed E-state index contributed by atoms with van der Waals surface area (Å²) in [5.74, 6) is 0. The molecule has 2 aromatic rings. The van der Waals surface area contributed by atoms with Gasteiger partial charge in [0.15, 0.2) is 0 Å². The third kappa shape index (κ3) is 2.06. The van der Waals surface area contributed by atoms with Gasteiger partial charge in [-0.15, -0.1) is 0 Å². The van der Waals surface area contributed by atoms with Crippen molar-refractivity contribution in [3.63, 3.8) is 0 Å². The topological polar surface area (TPSA) is 12.0 Å². The van der Waals surface area contributed by atoms with Crippen LogP contribution in [0.5, 0.6) is 0 Å². The van der Waals surface area contributed by atoms with E-state index in [0.717, 1.165) is 19.4 Å². The van der Waals surface area contributed by atoms with Gasteiger partial charge in [0.2, 0.25) is 0 Å². The zero-order chi connectivity index (χ0) is 12.4. The van der Waals surface area contributed by atoms with Crippen LogP contribution in [0.1, 0.15) is 35.2 Å². The van der Waals surface area contributed by atoms with Gasteiger partial charge in [0.1, 0.15) is 0 Å². The first kappa shape index (κ1) is 11.5. The Morgan fingerprint density at radius 2 is 1.94 bits per heavy atom. The molecule has 92 valence electrons. The van der Waals surface area contributed by atoms with Crippen LogP contribution in [-0.2, 0) is 12.8 Å². The van der Waals surface area contributed by atoms with Gasteiger partial charge in [0, 0.05) is 6.54 Å². The highest BCUT2D eigenvalue weighted by molar-refractivity contribution is 5.41. The Labute approximate surface area is 109 Å². The molecular formula is C17H19N. The molecule has 0 aromatic heterocycles. The molecule has 1 atom stereocenters. The quantitative estimate of drug-likeness (QED) is 0.843. The normalized spacial score (nSPS) is 18.4.